The van der Waals surface area contributed by atoms with Gasteiger partial charge in [-0.15, -0.1) is 0 Å². The Morgan fingerprint density at radius 2 is 2.07 bits per heavy atom. The van der Waals surface area contributed by atoms with Crippen LogP contribution in [0.1, 0.15) is 12.5 Å². The summed E-state index contributed by atoms with van der Waals surface area (Å²) < 4.78 is 24.4. The number of hydrogen-bond donors (Lipinski definition) is 2. The van der Waals surface area contributed by atoms with Crippen LogP contribution in [0.2, 0.25) is 0 Å². The molecule has 0 bridgehead atoms. The van der Waals surface area contributed by atoms with Crippen LogP contribution < -0.4 is 10.1 Å². The fourth-order valence-corrected chi connectivity index (χ4v) is 1.30. The van der Waals surface area contributed by atoms with Crippen molar-refractivity contribution in [2.75, 3.05) is 7.11 Å². The smallest absolute Gasteiger partial charge is 0.170 e. The van der Waals surface area contributed by atoms with Gasteiger partial charge in [-0.1, -0.05) is 12.1 Å². The van der Waals surface area contributed by atoms with Gasteiger partial charge in [-0.25, -0.2) is 4.21 Å². The zero-order valence-corrected chi connectivity index (χ0v) is 9.58. The first-order valence-electron chi connectivity index (χ1n) is 4.59. The van der Waals surface area contributed by atoms with Crippen LogP contribution in [0.4, 0.5) is 0 Å². The second-order valence-corrected chi connectivity index (χ2v) is 4.41. The van der Waals surface area contributed by atoms with E-state index in [0.29, 0.717) is 6.54 Å². The Balaban J connectivity index is 2.47. The Hall–Kier alpha value is -0.910. The first-order valence-corrected chi connectivity index (χ1v) is 5.76. The summed E-state index contributed by atoms with van der Waals surface area (Å²) in [5, 5.41) is 2.52. The van der Waals surface area contributed by atoms with E-state index in [1.165, 1.54) is 0 Å². The Kier molecular flexibility index (Phi) is 4.74. The van der Waals surface area contributed by atoms with E-state index in [1.807, 2.05) is 24.3 Å². The summed E-state index contributed by atoms with van der Waals surface area (Å²) in [6, 6.07) is 7.55. The minimum absolute atomic E-state index is 0.424. The summed E-state index contributed by atoms with van der Waals surface area (Å²) in [4.78, 5) is 0. The number of nitrogens with one attached hydrogen (secondary N) is 1. The molecule has 1 aromatic carbocycles. The molecular formula is C10H15NO3S. The molecule has 0 amide bonds. The summed E-state index contributed by atoms with van der Waals surface area (Å²) in [5.41, 5.74) is 1.05. The molecule has 0 fully saturated rings. The van der Waals surface area contributed by atoms with E-state index in [4.69, 9.17) is 9.29 Å². The molecule has 0 aromatic heterocycles. The quantitative estimate of drug-likeness (QED) is 0.748. The third-order valence-corrected chi connectivity index (χ3v) is 2.83. The second kappa shape index (κ2) is 5.85. The Bertz CT molecular complexity index is 326. The molecule has 15 heavy (non-hydrogen) atoms. The lowest BCUT2D eigenvalue weighted by molar-refractivity contribution is 0.414. The van der Waals surface area contributed by atoms with Gasteiger partial charge in [-0.05, 0) is 24.6 Å². The van der Waals surface area contributed by atoms with Crippen LogP contribution in [0, 0.1) is 0 Å². The average molecular weight is 229 g/mol. The second-order valence-electron chi connectivity index (χ2n) is 3.15. The molecule has 0 saturated heterocycles. The summed E-state index contributed by atoms with van der Waals surface area (Å²) in [7, 11) is 1.62. The molecule has 4 nitrogen and oxygen atoms in total. The Labute approximate surface area is 91.9 Å². The molecule has 1 aromatic rings. The number of benzene rings is 1. The third kappa shape index (κ3) is 3.99. The molecule has 0 aliphatic rings. The largest absolute Gasteiger partial charge is 0.497 e. The summed E-state index contributed by atoms with van der Waals surface area (Å²) >= 11 is -1.83. The highest BCUT2D eigenvalue weighted by molar-refractivity contribution is 7.79. The molecule has 0 aliphatic carbocycles. The van der Waals surface area contributed by atoms with Crippen molar-refractivity contribution < 1.29 is 13.5 Å². The van der Waals surface area contributed by atoms with Crippen molar-refractivity contribution in [1.82, 2.24) is 5.32 Å². The maximum absolute atomic E-state index is 10.6. The van der Waals surface area contributed by atoms with Gasteiger partial charge in [0, 0.05) is 6.54 Å². The van der Waals surface area contributed by atoms with Crippen LogP contribution in [-0.4, -0.2) is 21.2 Å². The summed E-state index contributed by atoms with van der Waals surface area (Å²) in [6.07, 6.45) is 0. The number of hydrogen-bond acceptors (Lipinski definition) is 3. The predicted molar refractivity (Wildman–Crippen MR) is 60.1 cm³/mol. The van der Waals surface area contributed by atoms with Crippen molar-refractivity contribution in [3.05, 3.63) is 29.8 Å². The molecule has 0 heterocycles. The molecule has 5 heteroatoms. The van der Waals surface area contributed by atoms with Crippen molar-refractivity contribution in [3.63, 3.8) is 0 Å². The molecule has 0 aliphatic heterocycles. The van der Waals surface area contributed by atoms with E-state index >= 15 is 0 Å². The monoisotopic (exact) mass is 229 g/mol. The summed E-state index contributed by atoms with van der Waals surface area (Å²) in [5.74, 6) is 0.803. The first kappa shape index (κ1) is 12.2. The van der Waals surface area contributed by atoms with Gasteiger partial charge < -0.3 is 9.29 Å². The van der Waals surface area contributed by atoms with E-state index in [-0.39, 0.29) is 0 Å². The highest BCUT2D eigenvalue weighted by atomic mass is 32.2. The molecule has 2 N–H and O–H groups in total. The standard InChI is InChI=1S/C10H15NO3S/c1-8(15(12)13)11-7-9-3-5-10(14-2)6-4-9/h3-6,8,11H,7H2,1-2H3,(H,12,13). The van der Waals surface area contributed by atoms with Crippen LogP contribution in [0.15, 0.2) is 24.3 Å². The highest BCUT2D eigenvalue weighted by Gasteiger charge is 2.06. The third-order valence-electron chi connectivity index (χ3n) is 2.06. The number of methoxy groups -OCH3 is 1. The van der Waals surface area contributed by atoms with Crippen molar-refractivity contribution in [1.29, 1.82) is 0 Å². The van der Waals surface area contributed by atoms with E-state index in [0.717, 1.165) is 11.3 Å². The fraction of sp³-hybridized carbons (Fsp3) is 0.400. The molecular weight excluding hydrogens is 214 g/mol. The SMILES string of the molecule is COc1ccc(CNC(C)S(=O)O)cc1. The molecule has 0 saturated carbocycles. The van der Waals surface area contributed by atoms with Crippen molar-refractivity contribution >= 4 is 11.1 Å². The van der Waals surface area contributed by atoms with Gasteiger partial charge in [0.25, 0.3) is 0 Å². The Morgan fingerprint density at radius 1 is 1.47 bits per heavy atom. The van der Waals surface area contributed by atoms with Gasteiger partial charge in [0.05, 0.1) is 7.11 Å². The lowest BCUT2D eigenvalue weighted by Gasteiger charge is -2.09. The van der Waals surface area contributed by atoms with Crippen LogP contribution in [0.3, 0.4) is 0 Å². The van der Waals surface area contributed by atoms with Gasteiger partial charge in [-0.3, -0.25) is 5.32 Å². The van der Waals surface area contributed by atoms with E-state index in [1.54, 1.807) is 14.0 Å². The summed E-state index contributed by atoms with van der Waals surface area (Å²) in [6.45, 7) is 2.23. The molecule has 2 atom stereocenters. The maximum Gasteiger partial charge on any atom is 0.170 e. The highest BCUT2D eigenvalue weighted by Crippen LogP contribution is 2.11. The number of rotatable bonds is 5. The lowest BCUT2D eigenvalue weighted by atomic mass is 10.2. The molecule has 0 spiro atoms. The van der Waals surface area contributed by atoms with Crippen LogP contribution in [-0.2, 0) is 17.6 Å². The van der Waals surface area contributed by atoms with Crippen LogP contribution in [0.25, 0.3) is 0 Å². The van der Waals surface area contributed by atoms with Gasteiger partial charge in [0.15, 0.2) is 11.1 Å². The van der Waals surface area contributed by atoms with Crippen LogP contribution >= 0.6 is 0 Å². The lowest BCUT2D eigenvalue weighted by Crippen LogP contribution is -2.29. The molecule has 84 valence electrons. The van der Waals surface area contributed by atoms with Gasteiger partial charge in [0.2, 0.25) is 0 Å². The number of ether oxygens (including phenoxy) is 1. The van der Waals surface area contributed by atoms with E-state index < -0.39 is 16.5 Å². The van der Waals surface area contributed by atoms with Gasteiger partial charge in [-0.2, -0.15) is 0 Å². The average Bonchev–Trinajstić information content (AvgIpc) is 2.26. The van der Waals surface area contributed by atoms with Gasteiger partial charge >= 0.3 is 0 Å². The van der Waals surface area contributed by atoms with E-state index in [2.05, 4.69) is 5.32 Å². The van der Waals surface area contributed by atoms with Crippen molar-refractivity contribution in [2.45, 2.75) is 18.8 Å². The fourth-order valence-electron chi connectivity index (χ4n) is 1.08. The molecule has 1 rings (SSSR count). The van der Waals surface area contributed by atoms with Gasteiger partial charge in [0.1, 0.15) is 11.1 Å². The molecule has 0 radical (unpaired) electrons. The normalized spacial score (nSPS) is 14.6. The Morgan fingerprint density at radius 3 is 2.53 bits per heavy atom. The topological polar surface area (TPSA) is 58.6 Å². The van der Waals surface area contributed by atoms with Crippen LogP contribution in [0.5, 0.6) is 5.75 Å². The van der Waals surface area contributed by atoms with Crippen molar-refractivity contribution in [2.24, 2.45) is 0 Å². The first-order chi connectivity index (χ1) is 7.13. The predicted octanol–water partition coefficient (Wildman–Crippen LogP) is 1.35. The maximum atomic E-state index is 10.6. The zero-order chi connectivity index (χ0) is 11.3. The van der Waals surface area contributed by atoms with Crippen molar-refractivity contribution in [3.8, 4) is 5.75 Å². The molecule has 2 unspecified atom stereocenters. The minimum Gasteiger partial charge on any atom is -0.497 e. The zero-order valence-electron chi connectivity index (χ0n) is 8.77. The minimum atomic E-state index is -1.83. The van der Waals surface area contributed by atoms with E-state index in [9.17, 15) is 4.21 Å².